The van der Waals surface area contributed by atoms with Crippen LogP contribution in [0.1, 0.15) is 61.1 Å². The number of H-pyrrole nitrogens is 1. The largest absolute Gasteiger partial charge is 0.458 e. The molecular weight excluding hydrogens is 462 g/mol. The van der Waals surface area contributed by atoms with Gasteiger partial charge in [-0.1, -0.05) is 0 Å². The standard InChI is InChI=1S/C25H33N7O4/c1-16(14-35-2)36-24-30-21(22(33)28-15-25(34)8-4-9-25)29-23(31-24)32-11-6-17(7-12-32)19-13-27-20-18(19)5-3-10-26-20/h3,5,10,13,16-17,34H,4,6-9,11-12,14-15H2,1-2H3,(H,26,27)(H,28,33)/t16-/m1/s1. The fraction of sp³-hybridized carbons (Fsp3) is 0.560. The van der Waals surface area contributed by atoms with Crippen LogP contribution < -0.4 is 15.0 Å². The van der Waals surface area contributed by atoms with Crippen LogP contribution in [0.2, 0.25) is 0 Å². The number of carbonyl (C=O) groups excluding carboxylic acids is 1. The smallest absolute Gasteiger partial charge is 0.322 e. The highest BCUT2D eigenvalue weighted by molar-refractivity contribution is 5.90. The Balaban J connectivity index is 1.31. The van der Waals surface area contributed by atoms with E-state index in [1.807, 2.05) is 13.0 Å². The first kappa shape index (κ1) is 24.4. The average molecular weight is 496 g/mol. The van der Waals surface area contributed by atoms with Crippen LogP contribution in [0.25, 0.3) is 11.0 Å². The number of hydrogen-bond donors (Lipinski definition) is 3. The van der Waals surface area contributed by atoms with Crippen LogP contribution in [-0.4, -0.2) is 81.0 Å². The Labute approximate surface area is 209 Å². The van der Waals surface area contributed by atoms with Crippen molar-refractivity contribution < 1.29 is 19.4 Å². The van der Waals surface area contributed by atoms with Crippen molar-refractivity contribution >= 4 is 22.9 Å². The SMILES string of the molecule is COC[C@@H](C)Oc1nc(C(=O)NCC2(O)CCC2)nc(N2CCC(c3c[nH]c4ncccc34)CC2)n1. The summed E-state index contributed by atoms with van der Waals surface area (Å²) in [5.74, 6) is 0.331. The number of methoxy groups -OCH3 is 1. The number of aromatic amines is 1. The third-order valence-electron chi connectivity index (χ3n) is 7.08. The van der Waals surface area contributed by atoms with E-state index >= 15 is 0 Å². The summed E-state index contributed by atoms with van der Waals surface area (Å²) >= 11 is 0. The number of ether oxygens (including phenoxy) is 2. The van der Waals surface area contributed by atoms with Crippen LogP contribution in [-0.2, 0) is 4.74 Å². The lowest BCUT2D eigenvalue weighted by Gasteiger charge is -2.36. The minimum atomic E-state index is -0.836. The molecule has 1 amide bonds. The predicted octanol–water partition coefficient (Wildman–Crippen LogP) is 2.19. The Kier molecular flexibility index (Phi) is 7.01. The highest BCUT2D eigenvalue weighted by Gasteiger charge is 2.35. The van der Waals surface area contributed by atoms with Gasteiger partial charge >= 0.3 is 6.01 Å². The number of fused-ring (bicyclic) bond motifs is 1. The van der Waals surface area contributed by atoms with Crippen LogP contribution in [0.5, 0.6) is 6.01 Å². The van der Waals surface area contributed by atoms with Gasteiger partial charge in [0.25, 0.3) is 5.91 Å². The average Bonchev–Trinajstić information content (AvgIpc) is 3.30. The van der Waals surface area contributed by atoms with Crippen molar-refractivity contribution in [1.29, 1.82) is 0 Å². The molecule has 1 saturated carbocycles. The highest BCUT2D eigenvalue weighted by atomic mass is 16.5. The predicted molar refractivity (Wildman–Crippen MR) is 133 cm³/mol. The number of aliphatic hydroxyl groups is 1. The number of aromatic nitrogens is 5. The molecule has 0 aromatic carbocycles. The van der Waals surface area contributed by atoms with E-state index in [1.165, 1.54) is 5.56 Å². The Morgan fingerprint density at radius 3 is 2.83 bits per heavy atom. The van der Waals surface area contributed by atoms with Crippen LogP contribution in [0.3, 0.4) is 0 Å². The quantitative estimate of drug-likeness (QED) is 0.408. The van der Waals surface area contributed by atoms with Gasteiger partial charge in [0.1, 0.15) is 11.8 Å². The summed E-state index contributed by atoms with van der Waals surface area (Å²) in [5, 5.41) is 14.3. The molecule has 11 heteroatoms. The molecular formula is C25H33N7O4. The number of rotatable bonds is 9. The lowest BCUT2D eigenvalue weighted by molar-refractivity contribution is -0.0301. The van der Waals surface area contributed by atoms with E-state index < -0.39 is 11.5 Å². The molecule has 3 aromatic heterocycles. The van der Waals surface area contributed by atoms with E-state index in [0.717, 1.165) is 43.4 Å². The van der Waals surface area contributed by atoms with Crippen LogP contribution >= 0.6 is 0 Å². The lowest BCUT2D eigenvalue weighted by atomic mass is 9.80. The van der Waals surface area contributed by atoms with Gasteiger partial charge in [0.2, 0.25) is 11.8 Å². The Bertz CT molecular complexity index is 1200. The molecule has 1 saturated heterocycles. The number of piperidine rings is 1. The molecule has 2 fully saturated rings. The molecule has 5 rings (SSSR count). The van der Waals surface area contributed by atoms with Gasteiger partial charge in [0.15, 0.2) is 0 Å². The molecule has 2 aliphatic rings. The number of hydrogen-bond acceptors (Lipinski definition) is 9. The minimum absolute atomic E-state index is 0.0210. The Morgan fingerprint density at radius 1 is 1.31 bits per heavy atom. The van der Waals surface area contributed by atoms with E-state index in [2.05, 4.69) is 47.4 Å². The second-order valence-electron chi connectivity index (χ2n) is 9.79. The zero-order chi connectivity index (χ0) is 25.1. The number of nitrogens with one attached hydrogen (secondary N) is 2. The van der Waals surface area contributed by atoms with Crippen molar-refractivity contribution in [3.05, 3.63) is 35.9 Å². The zero-order valence-corrected chi connectivity index (χ0v) is 20.7. The molecule has 1 aliphatic heterocycles. The van der Waals surface area contributed by atoms with Crippen molar-refractivity contribution in [1.82, 2.24) is 30.2 Å². The molecule has 0 spiro atoms. The highest BCUT2D eigenvalue weighted by Crippen LogP contribution is 2.34. The van der Waals surface area contributed by atoms with Gasteiger partial charge in [0.05, 0.1) is 12.2 Å². The first-order valence-electron chi connectivity index (χ1n) is 12.5. The first-order valence-corrected chi connectivity index (χ1v) is 12.5. The molecule has 0 bridgehead atoms. The van der Waals surface area contributed by atoms with Crippen molar-refractivity contribution in [2.75, 3.05) is 38.3 Å². The summed E-state index contributed by atoms with van der Waals surface area (Å²) < 4.78 is 11.0. The molecule has 0 radical (unpaired) electrons. The molecule has 192 valence electrons. The maximum absolute atomic E-state index is 12.9. The van der Waals surface area contributed by atoms with Crippen LogP contribution in [0.15, 0.2) is 24.5 Å². The normalized spacial score (nSPS) is 18.6. The Hall–Kier alpha value is -3.31. The van der Waals surface area contributed by atoms with Gasteiger partial charge in [-0.2, -0.15) is 15.0 Å². The van der Waals surface area contributed by atoms with Gasteiger partial charge < -0.3 is 29.8 Å². The van der Waals surface area contributed by atoms with Crippen LogP contribution in [0.4, 0.5) is 5.95 Å². The molecule has 36 heavy (non-hydrogen) atoms. The number of carbonyl (C=O) groups is 1. The van der Waals surface area contributed by atoms with Crippen molar-refractivity contribution in [2.45, 2.75) is 56.7 Å². The second kappa shape index (κ2) is 10.4. The van der Waals surface area contributed by atoms with E-state index in [9.17, 15) is 9.90 Å². The van der Waals surface area contributed by atoms with Gasteiger partial charge in [-0.25, -0.2) is 4.98 Å². The van der Waals surface area contributed by atoms with E-state index in [1.54, 1.807) is 13.3 Å². The van der Waals surface area contributed by atoms with Crippen molar-refractivity contribution in [3.63, 3.8) is 0 Å². The molecule has 3 aromatic rings. The zero-order valence-electron chi connectivity index (χ0n) is 20.7. The third kappa shape index (κ3) is 5.26. The molecule has 1 atom stereocenters. The second-order valence-corrected chi connectivity index (χ2v) is 9.79. The number of amides is 1. The van der Waals surface area contributed by atoms with Crippen molar-refractivity contribution in [2.24, 2.45) is 0 Å². The summed E-state index contributed by atoms with van der Waals surface area (Å²) in [4.78, 5) is 35.9. The van der Waals surface area contributed by atoms with Gasteiger partial charge in [0, 0.05) is 44.5 Å². The van der Waals surface area contributed by atoms with E-state index in [0.29, 0.717) is 31.3 Å². The molecule has 3 N–H and O–H groups in total. The lowest BCUT2D eigenvalue weighted by Crippen LogP contribution is -2.48. The minimum Gasteiger partial charge on any atom is -0.458 e. The van der Waals surface area contributed by atoms with Gasteiger partial charge in [-0.15, -0.1) is 0 Å². The fourth-order valence-corrected chi connectivity index (χ4v) is 4.88. The maximum atomic E-state index is 12.9. The van der Waals surface area contributed by atoms with E-state index in [-0.39, 0.29) is 24.5 Å². The summed E-state index contributed by atoms with van der Waals surface area (Å²) in [5.41, 5.74) is 1.35. The number of nitrogens with zero attached hydrogens (tertiary/aromatic N) is 5. The first-order chi connectivity index (χ1) is 17.4. The van der Waals surface area contributed by atoms with Crippen LogP contribution in [0, 0.1) is 0 Å². The Morgan fingerprint density at radius 2 is 2.11 bits per heavy atom. The molecule has 1 aliphatic carbocycles. The summed E-state index contributed by atoms with van der Waals surface area (Å²) in [7, 11) is 1.59. The topological polar surface area (TPSA) is 138 Å². The summed E-state index contributed by atoms with van der Waals surface area (Å²) in [6, 6.07) is 4.14. The fourth-order valence-electron chi connectivity index (χ4n) is 4.88. The van der Waals surface area contributed by atoms with Crippen molar-refractivity contribution in [3.8, 4) is 6.01 Å². The molecule has 0 unspecified atom stereocenters. The molecule has 11 nitrogen and oxygen atoms in total. The third-order valence-corrected chi connectivity index (χ3v) is 7.08. The van der Waals surface area contributed by atoms with E-state index in [4.69, 9.17) is 9.47 Å². The van der Waals surface area contributed by atoms with Gasteiger partial charge in [-0.3, -0.25) is 4.79 Å². The number of pyridine rings is 1. The maximum Gasteiger partial charge on any atom is 0.322 e. The summed E-state index contributed by atoms with van der Waals surface area (Å²) in [6.07, 6.45) is 7.71. The number of anilines is 1. The molecule has 4 heterocycles. The monoisotopic (exact) mass is 495 g/mol. The van der Waals surface area contributed by atoms with Gasteiger partial charge in [-0.05, 0) is 62.6 Å². The summed E-state index contributed by atoms with van der Waals surface area (Å²) in [6.45, 7) is 3.85.